The lowest BCUT2D eigenvalue weighted by atomic mass is 9.79. The van der Waals surface area contributed by atoms with Gasteiger partial charge in [0.25, 0.3) is 0 Å². The number of fused-ring (bicyclic) bond motifs is 2. The molecule has 0 aliphatic heterocycles. The standard InChI is InChI=1S/C32H32N2O2/c1-34(2)21-20-26-25-17-9-10-19-28(25)33-32(36-3)30(26)29(23-13-5-4-6-14-23)31(35)27-18-11-15-22-12-7-8-16-24(22)27/h4-19,29,31,35H,20-21H2,1-3H3. The molecular weight excluding hydrogens is 444 g/mol. The van der Waals surface area contributed by atoms with E-state index in [-0.39, 0.29) is 5.92 Å². The van der Waals surface area contributed by atoms with Gasteiger partial charge >= 0.3 is 0 Å². The molecule has 36 heavy (non-hydrogen) atoms. The molecule has 0 saturated carbocycles. The van der Waals surface area contributed by atoms with E-state index >= 15 is 0 Å². The van der Waals surface area contributed by atoms with Gasteiger partial charge in [0.05, 0.1) is 18.7 Å². The van der Waals surface area contributed by atoms with E-state index in [2.05, 4.69) is 61.5 Å². The number of aliphatic hydroxyl groups excluding tert-OH is 1. The van der Waals surface area contributed by atoms with Gasteiger partial charge in [0.2, 0.25) is 5.88 Å². The van der Waals surface area contributed by atoms with Crippen molar-refractivity contribution < 1.29 is 9.84 Å². The van der Waals surface area contributed by atoms with E-state index in [4.69, 9.17) is 9.72 Å². The van der Waals surface area contributed by atoms with Crippen molar-refractivity contribution in [2.45, 2.75) is 18.4 Å². The molecule has 0 bridgehead atoms. The van der Waals surface area contributed by atoms with E-state index in [0.717, 1.165) is 51.3 Å². The van der Waals surface area contributed by atoms with Crippen molar-refractivity contribution in [3.05, 3.63) is 119 Å². The van der Waals surface area contributed by atoms with Crippen LogP contribution in [0.15, 0.2) is 97.1 Å². The van der Waals surface area contributed by atoms with Crippen LogP contribution in [0.4, 0.5) is 0 Å². The maximum atomic E-state index is 12.2. The molecule has 2 unspecified atom stereocenters. The van der Waals surface area contributed by atoms with Crippen LogP contribution in [0.1, 0.15) is 34.3 Å². The number of hydrogen-bond acceptors (Lipinski definition) is 4. The second kappa shape index (κ2) is 10.5. The van der Waals surface area contributed by atoms with E-state index in [1.807, 2.05) is 54.6 Å². The molecule has 0 fully saturated rings. The fourth-order valence-electron chi connectivity index (χ4n) is 5.21. The van der Waals surface area contributed by atoms with Gasteiger partial charge in [-0.15, -0.1) is 0 Å². The molecule has 0 aliphatic carbocycles. The zero-order valence-corrected chi connectivity index (χ0v) is 21.1. The fraction of sp³-hybridized carbons (Fsp3) is 0.219. The molecule has 2 atom stereocenters. The summed E-state index contributed by atoms with van der Waals surface area (Å²) in [5.41, 5.74) is 4.94. The molecule has 1 N–H and O–H groups in total. The lowest BCUT2D eigenvalue weighted by Gasteiger charge is -2.29. The van der Waals surface area contributed by atoms with Crippen LogP contribution in [0.3, 0.4) is 0 Å². The number of methoxy groups -OCH3 is 1. The molecule has 4 nitrogen and oxygen atoms in total. The molecular formula is C32H32N2O2. The molecule has 5 aromatic rings. The van der Waals surface area contributed by atoms with E-state index < -0.39 is 6.10 Å². The fourth-order valence-corrected chi connectivity index (χ4v) is 5.21. The first kappa shape index (κ1) is 24.0. The summed E-state index contributed by atoms with van der Waals surface area (Å²) in [6, 6.07) is 32.8. The Morgan fingerprint density at radius 1 is 0.806 bits per heavy atom. The van der Waals surface area contributed by atoms with Crippen molar-refractivity contribution in [1.82, 2.24) is 9.88 Å². The van der Waals surface area contributed by atoms with Gasteiger partial charge in [0.15, 0.2) is 0 Å². The van der Waals surface area contributed by atoms with E-state index in [9.17, 15) is 5.11 Å². The Hall–Kier alpha value is -3.73. The van der Waals surface area contributed by atoms with Gasteiger partial charge in [-0.25, -0.2) is 4.98 Å². The average molecular weight is 477 g/mol. The highest BCUT2D eigenvalue weighted by atomic mass is 16.5. The van der Waals surface area contributed by atoms with Gasteiger partial charge in [-0.3, -0.25) is 0 Å². The number of ether oxygens (including phenoxy) is 1. The third-order valence-corrected chi connectivity index (χ3v) is 6.94. The summed E-state index contributed by atoms with van der Waals surface area (Å²) in [6.07, 6.45) is 0.0151. The lowest BCUT2D eigenvalue weighted by molar-refractivity contribution is 0.158. The van der Waals surface area contributed by atoms with Gasteiger partial charge in [-0.05, 0) is 54.0 Å². The van der Waals surface area contributed by atoms with E-state index in [0.29, 0.717) is 5.88 Å². The second-order valence-electron chi connectivity index (χ2n) is 9.49. The van der Waals surface area contributed by atoms with E-state index in [1.165, 1.54) is 5.56 Å². The summed E-state index contributed by atoms with van der Waals surface area (Å²) in [5, 5.41) is 15.4. The third-order valence-electron chi connectivity index (χ3n) is 6.94. The Balaban J connectivity index is 1.80. The van der Waals surface area contributed by atoms with Crippen LogP contribution in [0.5, 0.6) is 5.88 Å². The van der Waals surface area contributed by atoms with Gasteiger partial charge < -0.3 is 14.7 Å². The third kappa shape index (κ3) is 4.58. The number of hydrogen-bond donors (Lipinski definition) is 1. The minimum Gasteiger partial charge on any atom is -0.481 e. The molecule has 4 aromatic carbocycles. The Kier molecular flexibility index (Phi) is 6.99. The summed E-state index contributed by atoms with van der Waals surface area (Å²) in [5.74, 6) is 0.205. The van der Waals surface area contributed by atoms with Crippen LogP contribution in [0.2, 0.25) is 0 Å². The van der Waals surface area contributed by atoms with Crippen molar-refractivity contribution in [2.75, 3.05) is 27.7 Å². The first-order valence-corrected chi connectivity index (χ1v) is 12.4. The Labute approximate surface area is 212 Å². The molecule has 182 valence electrons. The molecule has 4 heteroatoms. The van der Waals surface area contributed by atoms with Crippen LogP contribution in [0, 0.1) is 0 Å². The number of benzene rings is 4. The van der Waals surface area contributed by atoms with Crippen molar-refractivity contribution in [2.24, 2.45) is 0 Å². The summed E-state index contributed by atoms with van der Waals surface area (Å²) in [6.45, 7) is 0.871. The number of pyridine rings is 1. The smallest absolute Gasteiger partial charge is 0.217 e. The Morgan fingerprint density at radius 2 is 1.47 bits per heavy atom. The molecule has 0 saturated heterocycles. The summed E-state index contributed by atoms with van der Waals surface area (Å²) >= 11 is 0. The minimum absolute atomic E-state index is 0.360. The predicted molar refractivity (Wildman–Crippen MR) is 148 cm³/mol. The quantitative estimate of drug-likeness (QED) is 0.283. The van der Waals surface area contributed by atoms with Gasteiger partial charge in [0.1, 0.15) is 0 Å². The zero-order valence-electron chi connectivity index (χ0n) is 21.1. The van der Waals surface area contributed by atoms with Gasteiger partial charge in [0, 0.05) is 23.4 Å². The van der Waals surface area contributed by atoms with Crippen molar-refractivity contribution in [1.29, 1.82) is 0 Å². The largest absolute Gasteiger partial charge is 0.481 e. The van der Waals surface area contributed by atoms with Crippen molar-refractivity contribution in [3.63, 3.8) is 0 Å². The highest BCUT2D eigenvalue weighted by Crippen LogP contribution is 2.45. The number of aliphatic hydroxyl groups is 1. The number of aromatic nitrogens is 1. The number of rotatable bonds is 8. The molecule has 1 aromatic heterocycles. The van der Waals surface area contributed by atoms with Crippen LogP contribution in [-0.4, -0.2) is 42.7 Å². The predicted octanol–water partition coefficient (Wildman–Crippen LogP) is 6.37. The average Bonchev–Trinajstić information content (AvgIpc) is 2.92. The Bertz CT molecular complexity index is 1480. The summed E-state index contributed by atoms with van der Waals surface area (Å²) < 4.78 is 5.94. The van der Waals surface area contributed by atoms with Crippen LogP contribution in [0.25, 0.3) is 21.7 Å². The molecule has 0 amide bonds. The van der Waals surface area contributed by atoms with Crippen LogP contribution < -0.4 is 4.74 Å². The highest BCUT2D eigenvalue weighted by molar-refractivity contribution is 5.87. The van der Waals surface area contributed by atoms with Crippen LogP contribution >= 0.6 is 0 Å². The Morgan fingerprint density at radius 3 is 2.22 bits per heavy atom. The normalized spacial score (nSPS) is 13.2. The summed E-state index contributed by atoms with van der Waals surface area (Å²) in [4.78, 5) is 7.10. The van der Waals surface area contributed by atoms with Gasteiger partial charge in [-0.1, -0.05) is 91.0 Å². The topological polar surface area (TPSA) is 45.6 Å². The van der Waals surface area contributed by atoms with Gasteiger partial charge in [-0.2, -0.15) is 0 Å². The number of nitrogens with zero attached hydrogens (tertiary/aromatic N) is 2. The lowest BCUT2D eigenvalue weighted by Crippen LogP contribution is -2.20. The second-order valence-corrected chi connectivity index (χ2v) is 9.49. The molecule has 0 radical (unpaired) electrons. The highest BCUT2D eigenvalue weighted by Gasteiger charge is 2.32. The maximum absolute atomic E-state index is 12.2. The molecule has 5 rings (SSSR count). The molecule has 1 heterocycles. The van der Waals surface area contributed by atoms with Crippen molar-refractivity contribution in [3.8, 4) is 5.88 Å². The SMILES string of the molecule is COc1nc2ccccc2c(CCN(C)C)c1C(c1ccccc1)C(O)c1cccc2ccccc12. The maximum Gasteiger partial charge on any atom is 0.217 e. The monoisotopic (exact) mass is 476 g/mol. The number of likely N-dealkylation sites (N-methyl/N-ethyl adjacent to an activating group) is 1. The van der Waals surface area contributed by atoms with E-state index in [1.54, 1.807) is 7.11 Å². The first-order valence-electron chi connectivity index (χ1n) is 12.4. The minimum atomic E-state index is -0.798. The number of para-hydroxylation sites is 1. The summed E-state index contributed by atoms with van der Waals surface area (Å²) in [7, 11) is 5.84. The van der Waals surface area contributed by atoms with Crippen LogP contribution in [-0.2, 0) is 6.42 Å². The molecule has 0 aliphatic rings. The molecule has 0 spiro atoms. The van der Waals surface area contributed by atoms with Crippen molar-refractivity contribution >= 4 is 21.7 Å². The first-order chi connectivity index (χ1) is 17.6. The zero-order chi connectivity index (χ0) is 25.1.